The zero-order valence-corrected chi connectivity index (χ0v) is 15.0. The predicted octanol–water partition coefficient (Wildman–Crippen LogP) is 4.05. The molecule has 0 aromatic heterocycles. The van der Waals surface area contributed by atoms with Gasteiger partial charge >= 0.3 is 0 Å². The van der Waals surface area contributed by atoms with E-state index >= 15 is 0 Å². The van der Waals surface area contributed by atoms with Gasteiger partial charge in [0.1, 0.15) is 0 Å². The van der Waals surface area contributed by atoms with E-state index < -0.39 is 5.82 Å². The van der Waals surface area contributed by atoms with Crippen LogP contribution in [-0.4, -0.2) is 24.0 Å². The Morgan fingerprint density at radius 2 is 2.04 bits per heavy atom. The third-order valence-electron chi connectivity index (χ3n) is 3.40. The fourth-order valence-corrected chi connectivity index (χ4v) is 2.47. The van der Waals surface area contributed by atoms with Crippen molar-refractivity contribution in [3.8, 4) is 11.8 Å². The molecule has 0 aliphatic rings. The number of rotatable bonds is 7. The third kappa shape index (κ3) is 5.44. The van der Waals surface area contributed by atoms with E-state index in [-0.39, 0.29) is 18.3 Å². The quantitative estimate of drug-likeness (QED) is 0.656. The number of halogens is 2. The highest BCUT2D eigenvalue weighted by Crippen LogP contribution is 2.21. The SMILES string of the molecule is C=CCN(Cc1ccc(C#N)cc1)C(=O)COc1ccc(Br)cc1F. The van der Waals surface area contributed by atoms with Gasteiger partial charge in [0.25, 0.3) is 5.91 Å². The Balaban J connectivity index is 2.01. The van der Waals surface area contributed by atoms with Gasteiger partial charge < -0.3 is 9.64 Å². The van der Waals surface area contributed by atoms with Crippen molar-refractivity contribution >= 4 is 21.8 Å². The molecule has 2 aromatic carbocycles. The molecule has 2 rings (SSSR count). The zero-order valence-electron chi connectivity index (χ0n) is 13.4. The van der Waals surface area contributed by atoms with Crippen LogP contribution in [0.1, 0.15) is 11.1 Å². The number of amides is 1. The highest BCUT2D eigenvalue weighted by molar-refractivity contribution is 9.10. The summed E-state index contributed by atoms with van der Waals surface area (Å²) < 4.78 is 19.6. The first-order valence-electron chi connectivity index (χ1n) is 7.49. The van der Waals surface area contributed by atoms with Crippen molar-refractivity contribution in [2.45, 2.75) is 6.54 Å². The molecule has 128 valence electrons. The van der Waals surface area contributed by atoms with Gasteiger partial charge in [-0.15, -0.1) is 6.58 Å². The average Bonchev–Trinajstić information content (AvgIpc) is 2.61. The lowest BCUT2D eigenvalue weighted by molar-refractivity contribution is -0.133. The second-order valence-corrected chi connectivity index (χ2v) is 6.15. The molecule has 4 nitrogen and oxygen atoms in total. The standard InChI is InChI=1S/C19H16BrFN2O2/c1-2-9-23(12-15-5-3-14(11-22)4-6-15)19(24)13-25-18-8-7-16(20)10-17(18)21/h2-8,10H,1,9,12-13H2. The van der Waals surface area contributed by atoms with E-state index in [2.05, 4.69) is 22.5 Å². The van der Waals surface area contributed by atoms with E-state index in [1.54, 1.807) is 41.3 Å². The molecule has 0 unspecified atom stereocenters. The first kappa shape index (κ1) is 18.7. The maximum absolute atomic E-state index is 13.7. The molecule has 0 saturated carbocycles. The summed E-state index contributed by atoms with van der Waals surface area (Å²) in [6.45, 7) is 4.06. The minimum Gasteiger partial charge on any atom is -0.481 e. The van der Waals surface area contributed by atoms with Crippen LogP contribution in [0.15, 0.2) is 59.6 Å². The molecule has 0 aliphatic heterocycles. The molecule has 0 aliphatic carbocycles. The zero-order chi connectivity index (χ0) is 18.2. The largest absolute Gasteiger partial charge is 0.481 e. The van der Waals surface area contributed by atoms with Crippen molar-refractivity contribution in [2.75, 3.05) is 13.2 Å². The summed E-state index contributed by atoms with van der Waals surface area (Å²) in [6.07, 6.45) is 1.61. The molecule has 0 N–H and O–H groups in total. The molecule has 0 spiro atoms. The molecule has 0 radical (unpaired) electrons. The van der Waals surface area contributed by atoms with Crippen LogP contribution in [0.25, 0.3) is 0 Å². The predicted molar refractivity (Wildman–Crippen MR) is 96.4 cm³/mol. The van der Waals surface area contributed by atoms with Gasteiger partial charge in [0.2, 0.25) is 0 Å². The van der Waals surface area contributed by atoms with Crippen molar-refractivity contribution in [1.82, 2.24) is 4.90 Å². The van der Waals surface area contributed by atoms with Crippen molar-refractivity contribution in [1.29, 1.82) is 5.26 Å². The lowest BCUT2D eigenvalue weighted by Crippen LogP contribution is -2.34. The Hall–Kier alpha value is -2.65. The van der Waals surface area contributed by atoms with Crippen molar-refractivity contribution < 1.29 is 13.9 Å². The number of nitrogens with zero attached hydrogens (tertiary/aromatic N) is 2. The molecule has 0 fully saturated rings. The smallest absolute Gasteiger partial charge is 0.261 e. The summed E-state index contributed by atoms with van der Waals surface area (Å²) in [4.78, 5) is 13.9. The van der Waals surface area contributed by atoms with Crippen LogP contribution < -0.4 is 4.74 Å². The third-order valence-corrected chi connectivity index (χ3v) is 3.90. The molecule has 0 atom stereocenters. The van der Waals surface area contributed by atoms with E-state index in [0.29, 0.717) is 23.1 Å². The van der Waals surface area contributed by atoms with E-state index in [1.165, 1.54) is 12.1 Å². The lowest BCUT2D eigenvalue weighted by atomic mass is 10.1. The first-order valence-corrected chi connectivity index (χ1v) is 8.28. The molecule has 2 aromatic rings. The minimum absolute atomic E-state index is 0.0217. The normalized spacial score (nSPS) is 9.96. The van der Waals surface area contributed by atoms with E-state index in [1.807, 2.05) is 6.07 Å². The highest BCUT2D eigenvalue weighted by Gasteiger charge is 2.15. The second-order valence-electron chi connectivity index (χ2n) is 5.24. The molecule has 25 heavy (non-hydrogen) atoms. The Kier molecular flexibility index (Phi) is 6.72. The molecular formula is C19H16BrFN2O2. The molecule has 0 saturated heterocycles. The Bertz CT molecular complexity index is 800. The molecule has 6 heteroatoms. The second kappa shape index (κ2) is 9.00. The van der Waals surface area contributed by atoms with Gasteiger partial charge in [0.05, 0.1) is 11.6 Å². The summed E-state index contributed by atoms with van der Waals surface area (Å²) in [5, 5.41) is 8.82. The van der Waals surface area contributed by atoms with Crippen molar-refractivity contribution in [3.63, 3.8) is 0 Å². The van der Waals surface area contributed by atoms with Gasteiger partial charge in [0, 0.05) is 17.6 Å². The fraction of sp³-hybridized carbons (Fsp3) is 0.158. The monoisotopic (exact) mass is 402 g/mol. The molecular weight excluding hydrogens is 387 g/mol. The molecule has 0 heterocycles. The highest BCUT2D eigenvalue weighted by atomic mass is 79.9. The van der Waals surface area contributed by atoms with Crippen LogP contribution in [0.4, 0.5) is 4.39 Å². The van der Waals surface area contributed by atoms with E-state index in [4.69, 9.17) is 10.00 Å². The van der Waals surface area contributed by atoms with Crippen molar-refractivity contribution in [3.05, 3.63) is 76.5 Å². The number of carbonyl (C=O) groups excluding carboxylic acids is 1. The van der Waals surface area contributed by atoms with Gasteiger partial charge in [-0.2, -0.15) is 5.26 Å². The molecule has 0 bridgehead atoms. The van der Waals surface area contributed by atoms with E-state index in [0.717, 1.165) is 5.56 Å². The van der Waals surface area contributed by atoms with Crippen LogP contribution in [0.5, 0.6) is 5.75 Å². The summed E-state index contributed by atoms with van der Waals surface area (Å²) in [5.74, 6) is -0.801. The maximum atomic E-state index is 13.7. The number of carbonyl (C=O) groups is 1. The van der Waals surface area contributed by atoms with Gasteiger partial charge in [-0.1, -0.05) is 34.1 Å². The van der Waals surface area contributed by atoms with Gasteiger partial charge in [-0.3, -0.25) is 4.79 Å². The Morgan fingerprint density at radius 3 is 2.64 bits per heavy atom. The van der Waals surface area contributed by atoms with Crippen LogP contribution in [0.2, 0.25) is 0 Å². The Morgan fingerprint density at radius 1 is 1.32 bits per heavy atom. The number of ether oxygens (including phenoxy) is 1. The number of benzene rings is 2. The van der Waals surface area contributed by atoms with Crippen LogP contribution in [-0.2, 0) is 11.3 Å². The Labute approximate surface area is 154 Å². The van der Waals surface area contributed by atoms with Crippen LogP contribution >= 0.6 is 15.9 Å². The minimum atomic E-state index is -0.537. The summed E-state index contributed by atoms with van der Waals surface area (Å²) in [7, 11) is 0. The first-order chi connectivity index (χ1) is 12.0. The topological polar surface area (TPSA) is 53.3 Å². The van der Waals surface area contributed by atoms with Crippen LogP contribution in [0.3, 0.4) is 0 Å². The summed E-state index contributed by atoms with van der Waals surface area (Å²) >= 11 is 3.17. The van der Waals surface area contributed by atoms with Gasteiger partial charge in [0.15, 0.2) is 18.2 Å². The molecule has 1 amide bonds. The number of nitriles is 1. The van der Waals surface area contributed by atoms with Gasteiger partial charge in [-0.25, -0.2) is 4.39 Å². The lowest BCUT2D eigenvalue weighted by Gasteiger charge is -2.21. The maximum Gasteiger partial charge on any atom is 0.261 e. The summed E-state index contributed by atoms with van der Waals surface area (Å²) in [5.41, 5.74) is 1.43. The fourth-order valence-electron chi connectivity index (χ4n) is 2.14. The van der Waals surface area contributed by atoms with Gasteiger partial charge in [-0.05, 0) is 35.9 Å². The average molecular weight is 403 g/mol. The van der Waals surface area contributed by atoms with Crippen LogP contribution in [0, 0.1) is 17.1 Å². The number of hydrogen-bond donors (Lipinski definition) is 0. The van der Waals surface area contributed by atoms with Crippen molar-refractivity contribution in [2.24, 2.45) is 0 Å². The summed E-state index contributed by atoms with van der Waals surface area (Å²) in [6, 6.07) is 13.4. The van der Waals surface area contributed by atoms with E-state index in [9.17, 15) is 9.18 Å². The number of hydrogen-bond acceptors (Lipinski definition) is 3.